The second-order valence-corrected chi connectivity index (χ2v) is 9.56. The van der Waals surface area contributed by atoms with Crippen molar-refractivity contribution in [3.63, 3.8) is 0 Å². The van der Waals surface area contributed by atoms with E-state index in [1.54, 1.807) is 18.2 Å². The van der Waals surface area contributed by atoms with E-state index in [9.17, 15) is 8.42 Å². The number of hydrogen-bond acceptors (Lipinski definition) is 4. The van der Waals surface area contributed by atoms with Gasteiger partial charge in [-0.25, -0.2) is 18.1 Å². The first-order valence-electron chi connectivity index (χ1n) is 10.4. The number of sulfonamides is 1. The summed E-state index contributed by atoms with van der Waals surface area (Å²) in [6, 6.07) is 6.97. The molecule has 0 aliphatic rings. The summed E-state index contributed by atoms with van der Waals surface area (Å²) in [5.41, 5.74) is 0.106. The van der Waals surface area contributed by atoms with Gasteiger partial charge in [-0.1, -0.05) is 31.5 Å². The molecule has 0 spiro atoms. The van der Waals surface area contributed by atoms with Crippen molar-refractivity contribution in [2.45, 2.75) is 70.9 Å². The van der Waals surface area contributed by atoms with Crippen LogP contribution in [0.5, 0.6) is 0 Å². The first-order valence-corrected chi connectivity index (χ1v) is 11.9. The molecule has 0 heterocycles. The Labute approximate surface area is 199 Å². The highest BCUT2D eigenvalue weighted by atomic mass is 127. The van der Waals surface area contributed by atoms with Crippen molar-refractivity contribution in [1.82, 2.24) is 15.4 Å². The van der Waals surface area contributed by atoms with E-state index in [4.69, 9.17) is 4.74 Å². The quantitative estimate of drug-likeness (QED) is 0.159. The van der Waals surface area contributed by atoms with Crippen LogP contribution in [0.4, 0.5) is 0 Å². The van der Waals surface area contributed by atoms with Gasteiger partial charge in [0, 0.05) is 31.8 Å². The molecule has 1 rings (SSSR count). The normalized spacial score (nSPS) is 12.4. The highest BCUT2D eigenvalue weighted by Crippen LogP contribution is 2.18. The van der Waals surface area contributed by atoms with E-state index in [0.717, 1.165) is 39.0 Å². The minimum Gasteiger partial charge on any atom is -0.381 e. The molecular weight excluding hydrogens is 515 g/mol. The fourth-order valence-corrected chi connectivity index (χ4v) is 4.24. The number of benzene rings is 1. The smallest absolute Gasteiger partial charge is 0.241 e. The van der Waals surface area contributed by atoms with Crippen LogP contribution < -0.4 is 15.4 Å². The average molecular weight is 555 g/mol. The van der Waals surface area contributed by atoms with Gasteiger partial charge in [0.05, 0.1) is 11.4 Å². The molecule has 0 atom stereocenters. The number of unbranched alkanes of at least 4 members (excludes halogenated alkanes) is 1. The molecular formula is C21H39IN4O3S. The van der Waals surface area contributed by atoms with E-state index in [1.807, 2.05) is 33.8 Å². The fraction of sp³-hybridized carbons (Fsp3) is 0.667. The van der Waals surface area contributed by atoms with Crippen LogP contribution in [0, 0.1) is 0 Å². The Kier molecular flexibility index (Phi) is 14.5. The number of nitrogens with one attached hydrogen (secondary N) is 3. The van der Waals surface area contributed by atoms with E-state index in [2.05, 4.69) is 27.3 Å². The summed E-state index contributed by atoms with van der Waals surface area (Å²) in [5.74, 6) is 0.664. The van der Waals surface area contributed by atoms with Gasteiger partial charge >= 0.3 is 0 Å². The van der Waals surface area contributed by atoms with Crippen LogP contribution in [-0.2, 0) is 21.3 Å². The number of rotatable bonds is 12. The molecule has 0 aromatic heterocycles. The van der Waals surface area contributed by atoms with Gasteiger partial charge in [0.15, 0.2) is 5.96 Å². The molecule has 0 fully saturated rings. The maximum absolute atomic E-state index is 12.8. The van der Waals surface area contributed by atoms with Crippen molar-refractivity contribution >= 4 is 40.0 Å². The maximum Gasteiger partial charge on any atom is 0.241 e. The molecule has 174 valence electrons. The number of aliphatic imine (C=N–C) groups is 1. The lowest BCUT2D eigenvalue weighted by atomic mass is 10.1. The van der Waals surface area contributed by atoms with Gasteiger partial charge in [-0.3, -0.25) is 0 Å². The monoisotopic (exact) mass is 554 g/mol. The first-order chi connectivity index (χ1) is 13.7. The summed E-state index contributed by atoms with van der Waals surface area (Å²) < 4.78 is 33.8. The Balaban J connectivity index is 0.00000841. The molecule has 0 bridgehead atoms. The second-order valence-electron chi connectivity index (χ2n) is 7.90. The van der Waals surface area contributed by atoms with E-state index in [-0.39, 0.29) is 35.4 Å². The van der Waals surface area contributed by atoms with Crippen LogP contribution in [0.15, 0.2) is 34.2 Å². The number of guanidine groups is 1. The third-order valence-electron chi connectivity index (χ3n) is 3.85. The summed E-state index contributed by atoms with van der Waals surface area (Å²) in [7, 11) is -3.62. The Bertz CT molecular complexity index is 734. The molecule has 0 saturated carbocycles. The highest BCUT2D eigenvalue weighted by molar-refractivity contribution is 14.0. The molecule has 30 heavy (non-hydrogen) atoms. The van der Waals surface area contributed by atoms with E-state index >= 15 is 0 Å². The summed E-state index contributed by atoms with van der Waals surface area (Å²) >= 11 is 0. The van der Waals surface area contributed by atoms with Crippen LogP contribution in [0.25, 0.3) is 0 Å². The Morgan fingerprint density at radius 3 is 2.37 bits per heavy atom. The summed E-state index contributed by atoms with van der Waals surface area (Å²) in [6.07, 6.45) is 3.11. The fourth-order valence-electron chi connectivity index (χ4n) is 2.59. The van der Waals surface area contributed by atoms with Crippen molar-refractivity contribution in [2.75, 3.05) is 26.3 Å². The minimum atomic E-state index is -3.62. The molecule has 1 aromatic carbocycles. The second kappa shape index (κ2) is 15.0. The topological polar surface area (TPSA) is 91.8 Å². The van der Waals surface area contributed by atoms with E-state index in [1.165, 1.54) is 0 Å². The molecule has 0 saturated heterocycles. The van der Waals surface area contributed by atoms with Crippen molar-refractivity contribution in [1.29, 1.82) is 0 Å². The number of halogens is 1. The standard InChI is InChI=1S/C21H38N4O3S.HI/c1-6-8-15-28-16-11-14-23-20(22-7-2)24-17-18-12-9-10-13-19(18)29(26,27)25-21(3,4)5;/h9-10,12-13,25H,6-8,11,14-17H2,1-5H3,(H2,22,23,24);1H. The van der Waals surface area contributed by atoms with Crippen molar-refractivity contribution in [3.05, 3.63) is 29.8 Å². The summed E-state index contributed by atoms with van der Waals surface area (Å²) in [6.45, 7) is 12.9. The SMILES string of the molecule is CCCCOCCCNC(=NCc1ccccc1S(=O)(=O)NC(C)(C)C)NCC.I. The number of ether oxygens (including phenoxy) is 1. The Hall–Kier alpha value is -0.910. The highest BCUT2D eigenvalue weighted by Gasteiger charge is 2.24. The molecule has 9 heteroatoms. The molecule has 1 aromatic rings. The lowest BCUT2D eigenvalue weighted by Gasteiger charge is -2.21. The van der Waals surface area contributed by atoms with E-state index < -0.39 is 15.6 Å². The van der Waals surface area contributed by atoms with Gasteiger partial charge < -0.3 is 15.4 Å². The van der Waals surface area contributed by atoms with Gasteiger partial charge in [0.2, 0.25) is 10.0 Å². The van der Waals surface area contributed by atoms with Crippen LogP contribution in [0.2, 0.25) is 0 Å². The lowest BCUT2D eigenvalue weighted by Crippen LogP contribution is -2.40. The molecule has 0 radical (unpaired) electrons. The lowest BCUT2D eigenvalue weighted by molar-refractivity contribution is 0.129. The predicted octanol–water partition coefficient (Wildman–Crippen LogP) is 3.64. The number of hydrogen-bond donors (Lipinski definition) is 3. The van der Waals surface area contributed by atoms with Gasteiger partial charge in [-0.05, 0) is 52.2 Å². The van der Waals surface area contributed by atoms with Crippen LogP contribution >= 0.6 is 24.0 Å². The van der Waals surface area contributed by atoms with Crippen LogP contribution in [-0.4, -0.2) is 46.2 Å². The van der Waals surface area contributed by atoms with Crippen LogP contribution in [0.1, 0.15) is 59.4 Å². The molecule has 7 nitrogen and oxygen atoms in total. The largest absolute Gasteiger partial charge is 0.381 e. The van der Waals surface area contributed by atoms with Crippen molar-refractivity contribution in [2.24, 2.45) is 4.99 Å². The molecule has 0 aliphatic carbocycles. The van der Waals surface area contributed by atoms with Crippen molar-refractivity contribution < 1.29 is 13.2 Å². The van der Waals surface area contributed by atoms with Crippen LogP contribution in [0.3, 0.4) is 0 Å². The van der Waals surface area contributed by atoms with Gasteiger partial charge in [-0.2, -0.15) is 0 Å². The van der Waals surface area contributed by atoms with Gasteiger partial charge in [-0.15, -0.1) is 24.0 Å². The van der Waals surface area contributed by atoms with Crippen molar-refractivity contribution in [3.8, 4) is 0 Å². The predicted molar refractivity (Wildman–Crippen MR) is 135 cm³/mol. The zero-order valence-electron chi connectivity index (χ0n) is 19.0. The summed E-state index contributed by atoms with van der Waals surface area (Å²) in [5, 5.41) is 6.47. The van der Waals surface area contributed by atoms with Gasteiger partial charge in [0.25, 0.3) is 0 Å². The minimum absolute atomic E-state index is 0. The molecule has 0 aliphatic heterocycles. The van der Waals surface area contributed by atoms with E-state index in [0.29, 0.717) is 18.1 Å². The maximum atomic E-state index is 12.8. The molecule has 0 unspecified atom stereocenters. The Morgan fingerprint density at radius 1 is 1.07 bits per heavy atom. The molecule has 0 amide bonds. The number of nitrogens with zero attached hydrogens (tertiary/aromatic N) is 1. The first kappa shape index (κ1) is 29.1. The Morgan fingerprint density at radius 2 is 1.73 bits per heavy atom. The zero-order chi connectivity index (χ0) is 21.8. The third kappa shape index (κ3) is 12.1. The van der Waals surface area contributed by atoms with Gasteiger partial charge in [0.1, 0.15) is 0 Å². The molecule has 3 N–H and O–H groups in total. The third-order valence-corrected chi connectivity index (χ3v) is 5.71. The summed E-state index contributed by atoms with van der Waals surface area (Å²) in [4.78, 5) is 4.83. The zero-order valence-corrected chi connectivity index (χ0v) is 22.1. The average Bonchev–Trinajstić information content (AvgIpc) is 2.63.